The third kappa shape index (κ3) is 2.76. The van der Waals surface area contributed by atoms with Crippen LogP contribution in [-0.4, -0.2) is 45.4 Å². The number of ether oxygens (including phenoxy) is 2. The van der Waals surface area contributed by atoms with Gasteiger partial charge in [0.2, 0.25) is 5.95 Å². The maximum absolute atomic E-state index is 11.6. The number of thiophene rings is 1. The van der Waals surface area contributed by atoms with Gasteiger partial charge in [-0.3, -0.25) is 15.1 Å². The summed E-state index contributed by atoms with van der Waals surface area (Å²) in [6.07, 6.45) is 0.959. The molecular formula is C17H22N6O3S2. The van der Waals surface area contributed by atoms with Crippen molar-refractivity contribution in [3.8, 4) is 5.00 Å². The average Bonchev–Trinajstić information content (AvgIpc) is 3.32. The first-order valence-corrected chi connectivity index (χ1v) is 10.9. The molecule has 1 fully saturated rings. The van der Waals surface area contributed by atoms with Crippen molar-refractivity contribution in [2.45, 2.75) is 56.9 Å². The van der Waals surface area contributed by atoms with Gasteiger partial charge < -0.3 is 9.47 Å². The zero-order valence-electron chi connectivity index (χ0n) is 16.1. The van der Waals surface area contributed by atoms with Crippen LogP contribution < -0.4 is 15.8 Å². The third-order valence-corrected chi connectivity index (χ3v) is 7.27. The highest BCUT2D eigenvalue weighted by molar-refractivity contribution is 7.99. The molecule has 9 nitrogen and oxygen atoms in total. The van der Waals surface area contributed by atoms with Crippen molar-refractivity contribution < 1.29 is 14.3 Å². The normalized spacial score (nSPS) is 24.4. The quantitative estimate of drug-likeness (QED) is 0.566. The largest absolute Gasteiger partial charge is 0.468 e. The van der Waals surface area contributed by atoms with Gasteiger partial charge in [0.15, 0.2) is 5.16 Å². The first kappa shape index (κ1) is 18.4. The van der Waals surface area contributed by atoms with Gasteiger partial charge in [-0.15, -0.1) is 21.5 Å². The Hall–Kier alpha value is -1.66. The molecule has 0 aliphatic carbocycles. The highest BCUT2D eigenvalue weighted by atomic mass is 32.2. The molecule has 2 atom stereocenters. The molecule has 3 aliphatic heterocycles. The Morgan fingerprint density at radius 1 is 1.46 bits per heavy atom. The lowest BCUT2D eigenvalue weighted by Crippen LogP contribution is -2.40. The summed E-state index contributed by atoms with van der Waals surface area (Å²) in [5.41, 5.74) is 5.83. The number of carbonyl (C=O) groups is 1. The van der Waals surface area contributed by atoms with Gasteiger partial charge in [0.1, 0.15) is 11.2 Å². The third-order valence-electron chi connectivity index (χ3n) is 5.16. The molecule has 5 rings (SSSR count). The number of hydrogen-bond acceptors (Lipinski definition) is 10. The van der Waals surface area contributed by atoms with Crippen LogP contribution >= 0.6 is 23.1 Å². The second-order valence-corrected chi connectivity index (χ2v) is 9.75. The number of thioether (sulfide) groups is 1. The average molecular weight is 423 g/mol. The van der Waals surface area contributed by atoms with Gasteiger partial charge in [-0.2, -0.15) is 0 Å². The zero-order chi connectivity index (χ0) is 19.6. The van der Waals surface area contributed by atoms with E-state index >= 15 is 0 Å². The Balaban J connectivity index is 1.64. The SMILES string of the molecule is COC(=O)CSc1nnc2n1-c1sc3c(c1C1NC(C)NN21)CC(C)(C)OC3. The second-order valence-electron chi connectivity index (χ2n) is 7.72. The van der Waals surface area contributed by atoms with E-state index < -0.39 is 0 Å². The number of esters is 1. The van der Waals surface area contributed by atoms with Gasteiger partial charge in [-0.1, -0.05) is 11.8 Å². The molecule has 2 unspecified atom stereocenters. The molecule has 0 amide bonds. The summed E-state index contributed by atoms with van der Waals surface area (Å²) >= 11 is 3.06. The monoisotopic (exact) mass is 422 g/mol. The van der Waals surface area contributed by atoms with Crippen molar-refractivity contribution >= 4 is 35.0 Å². The summed E-state index contributed by atoms with van der Waals surface area (Å²) in [7, 11) is 1.39. The minimum atomic E-state index is -0.286. The number of methoxy groups -OCH3 is 1. The number of anilines is 1. The van der Waals surface area contributed by atoms with E-state index in [2.05, 4.69) is 41.7 Å². The lowest BCUT2D eigenvalue weighted by Gasteiger charge is -2.34. The first-order chi connectivity index (χ1) is 13.4. The lowest BCUT2D eigenvalue weighted by molar-refractivity contribution is -0.137. The lowest BCUT2D eigenvalue weighted by atomic mass is 9.92. The Morgan fingerprint density at radius 3 is 3.07 bits per heavy atom. The van der Waals surface area contributed by atoms with Crippen LogP contribution in [0.15, 0.2) is 5.16 Å². The van der Waals surface area contributed by atoms with Crippen LogP contribution in [0.4, 0.5) is 5.95 Å². The predicted octanol–water partition coefficient (Wildman–Crippen LogP) is 1.72. The van der Waals surface area contributed by atoms with E-state index in [4.69, 9.17) is 9.47 Å². The Bertz CT molecular complexity index is 955. The summed E-state index contributed by atoms with van der Waals surface area (Å²) in [6, 6.07) is 0. The maximum Gasteiger partial charge on any atom is 0.316 e. The van der Waals surface area contributed by atoms with Gasteiger partial charge >= 0.3 is 5.97 Å². The molecule has 0 aromatic carbocycles. The fourth-order valence-electron chi connectivity index (χ4n) is 3.90. The van der Waals surface area contributed by atoms with E-state index in [1.807, 2.05) is 9.58 Å². The van der Waals surface area contributed by atoms with Crippen molar-refractivity contribution in [3.63, 3.8) is 0 Å². The van der Waals surface area contributed by atoms with Crippen LogP contribution in [0.1, 0.15) is 42.9 Å². The van der Waals surface area contributed by atoms with E-state index in [0.717, 1.165) is 17.4 Å². The van der Waals surface area contributed by atoms with Crippen molar-refractivity contribution in [1.29, 1.82) is 0 Å². The topological polar surface area (TPSA) is 93.5 Å². The van der Waals surface area contributed by atoms with E-state index in [-0.39, 0.29) is 29.7 Å². The molecule has 0 spiro atoms. The number of nitrogens with zero attached hydrogens (tertiary/aromatic N) is 4. The molecular weight excluding hydrogens is 400 g/mol. The molecule has 3 aliphatic rings. The summed E-state index contributed by atoms with van der Waals surface area (Å²) in [5.74, 6) is 0.628. The molecule has 2 aromatic rings. The summed E-state index contributed by atoms with van der Waals surface area (Å²) < 4.78 is 12.9. The second kappa shape index (κ2) is 6.42. The molecule has 0 saturated carbocycles. The Labute approximate surface area is 170 Å². The van der Waals surface area contributed by atoms with Crippen molar-refractivity contribution in [1.82, 2.24) is 25.5 Å². The molecule has 5 heterocycles. The minimum absolute atomic E-state index is 0.00550. The zero-order valence-corrected chi connectivity index (χ0v) is 17.7. The molecule has 0 bridgehead atoms. The summed E-state index contributed by atoms with van der Waals surface area (Å²) in [6.45, 7) is 6.95. The number of aromatic nitrogens is 3. The summed E-state index contributed by atoms with van der Waals surface area (Å²) in [5, 5.41) is 16.2. The smallest absolute Gasteiger partial charge is 0.316 e. The highest BCUT2D eigenvalue weighted by Crippen LogP contribution is 2.48. The van der Waals surface area contributed by atoms with Crippen LogP contribution in [-0.2, 0) is 27.3 Å². The Kier molecular flexibility index (Phi) is 4.22. The van der Waals surface area contributed by atoms with Crippen LogP contribution in [0, 0.1) is 0 Å². The van der Waals surface area contributed by atoms with Crippen LogP contribution in [0.2, 0.25) is 0 Å². The van der Waals surface area contributed by atoms with E-state index in [1.165, 1.54) is 34.9 Å². The van der Waals surface area contributed by atoms with Gasteiger partial charge in [0.25, 0.3) is 0 Å². The number of hydrazine groups is 1. The van der Waals surface area contributed by atoms with Gasteiger partial charge in [0, 0.05) is 16.9 Å². The molecule has 11 heteroatoms. The molecule has 0 radical (unpaired) electrons. The standard InChI is InChI=1S/C17H22N6O3S2/c1-8-18-13-12-9-5-17(2,3)26-6-10(9)28-14(12)22-15(23(13)21-8)19-20-16(22)27-7-11(24)25-4/h8,13,18,21H,5-7H2,1-4H3. The highest BCUT2D eigenvalue weighted by Gasteiger charge is 2.45. The number of hydrogen-bond donors (Lipinski definition) is 2. The molecule has 28 heavy (non-hydrogen) atoms. The van der Waals surface area contributed by atoms with E-state index in [0.29, 0.717) is 11.8 Å². The molecule has 150 valence electrons. The number of nitrogens with one attached hydrogen (secondary N) is 2. The minimum Gasteiger partial charge on any atom is -0.468 e. The predicted molar refractivity (Wildman–Crippen MR) is 106 cm³/mol. The maximum atomic E-state index is 11.6. The van der Waals surface area contributed by atoms with E-state index in [1.54, 1.807) is 11.3 Å². The number of carbonyl (C=O) groups excluding carboxylic acids is 1. The van der Waals surface area contributed by atoms with Crippen molar-refractivity contribution in [2.75, 3.05) is 17.9 Å². The van der Waals surface area contributed by atoms with Gasteiger partial charge in [-0.05, 0) is 26.3 Å². The van der Waals surface area contributed by atoms with Crippen LogP contribution in [0.3, 0.4) is 0 Å². The fourth-order valence-corrected chi connectivity index (χ4v) is 5.98. The molecule has 2 N–H and O–H groups in total. The van der Waals surface area contributed by atoms with Gasteiger partial charge in [0.05, 0.1) is 31.2 Å². The van der Waals surface area contributed by atoms with Crippen LogP contribution in [0.5, 0.6) is 0 Å². The number of rotatable bonds is 3. The molecule has 2 aromatic heterocycles. The van der Waals surface area contributed by atoms with E-state index in [9.17, 15) is 4.79 Å². The van der Waals surface area contributed by atoms with Crippen molar-refractivity contribution in [3.05, 3.63) is 16.0 Å². The first-order valence-electron chi connectivity index (χ1n) is 9.13. The van der Waals surface area contributed by atoms with Crippen LogP contribution in [0.25, 0.3) is 5.00 Å². The Morgan fingerprint density at radius 2 is 2.29 bits per heavy atom. The summed E-state index contributed by atoms with van der Waals surface area (Å²) in [4.78, 5) is 12.9. The number of fused-ring (bicyclic) bond motifs is 8. The fraction of sp³-hybridized carbons (Fsp3) is 0.588. The van der Waals surface area contributed by atoms with Gasteiger partial charge in [-0.25, -0.2) is 9.99 Å². The molecule has 1 saturated heterocycles. The van der Waals surface area contributed by atoms with Crippen molar-refractivity contribution in [2.24, 2.45) is 0 Å².